The summed E-state index contributed by atoms with van der Waals surface area (Å²) in [5, 5.41) is 2.40. The van der Waals surface area contributed by atoms with Crippen molar-refractivity contribution < 1.29 is 0 Å². The second-order valence-electron chi connectivity index (χ2n) is 6.32. The van der Waals surface area contributed by atoms with Crippen molar-refractivity contribution in [2.75, 3.05) is 0 Å². The Morgan fingerprint density at radius 2 is 0.700 bits per heavy atom. The number of fused-ring (bicyclic) bond motifs is 2. The number of pyridine rings is 3. The van der Waals surface area contributed by atoms with Crippen molar-refractivity contribution in [3.05, 3.63) is 141 Å². The van der Waals surface area contributed by atoms with Crippen molar-refractivity contribution in [2.24, 2.45) is 0 Å². The first-order valence-electron chi connectivity index (χ1n) is 14.1. The van der Waals surface area contributed by atoms with Crippen molar-refractivity contribution >= 4 is 21.8 Å². The highest BCUT2D eigenvalue weighted by atomic mass is 14.8. The highest BCUT2D eigenvalue weighted by Gasteiger charge is 1.87. The van der Waals surface area contributed by atoms with Crippen molar-refractivity contribution in [1.29, 1.82) is 0 Å². The molecule has 0 radical (unpaired) electrons. The van der Waals surface area contributed by atoms with E-state index in [0.717, 1.165) is 11.0 Å². The highest BCUT2D eigenvalue weighted by Crippen LogP contribution is 2.08. The van der Waals surface area contributed by atoms with E-state index in [2.05, 4.69) is 49.2 Å². The van der Waals surface area contributed by atoms with Gasteiger partial charge in [-0.05, 0) is 42.5 Å². The normalized spacial score (nSPS) is 8.00. The SMILES string of the molecule is CC.CC.CC.CC.c1ccc2ncccc2c1.c1ccc2ncccc2c1.c1ccncc1.c1cncnc1. The van der Waals surface area contributed by atoms with Crippen LogP contribution in [0.4, 0.5) is 0 Å². The summed E-state index contributed by atoms with van der Waals surface area (Å²) < 4.78 is 0. The lowest BCUT2D eigenvalue weighted by molar-refractivity contribution is 1.17. The van der Waals surface area contributed by atoms with Gasteiger partial charge in [0.1, 0.15) is 6.33 Å². The molecule has 0 amide bonds. The third-order valence-corrected chi connectivity index (χ3v) is 4.07. The summed E-state index contributed by atoms with van der Waals surface area (Å²) in [6, 6.07) is 31.7. The van der Waals surface area contributed by atoms with Gasteiger partial charge in [-0.2, -0.15) is 0 Å². The van der Waals surface area contributed by atoms with E-state index in [9.17, 15) is 0 Å². The van der Waals surface area contributed by atoms with Crippen molar-refractivity contribution in [3.8, 4) is 0 Å². The molecular weight excluding hydrogens is 490 g/mol. The van der Waals surface area contributed by atoms with Gasteiger partial charge in [0.2, 0.25) is 0 Å². The molecule has 6 rings (SSSR count). The molecule has 0 atom stereocenters. The molecule has 0 saturated carbocycles. The Balaban J connectivity index is 0. The minimum Gasteiger partial charge on any atom is -0.265 e. The second-order valence-corrected chi connectivity index (χ2v) is 6.32. The van der Waals surface area contributed by atoms with Gasteiger partial charge in [-0.15, -0.1) is 0 Å². The van der Waals surface area contributed by atoms with Gasteiger partial charge < -0.3 is 0 Å². The Morgan fingerprint density at radius 3 is 0.975 bits per heavy atom. The molecule has 0 fully saturated rings. The molecule has 0 spiro atoms. The average molecular weight is 538 g/mol. The fourth-order valence-corrected chi connectivity index (χ4v) is 2.60. The molecular formula is C35H47N5. The minimum absolute atomic E-state index is 1.06. The number of benzene rings is 2. The molecule has 6 aromatic rings. The first-order chi connectivity index (χ1) is 19.9. The van der Waals surface area contributed by atoms with Crippen LogP contribution in [0.25, 0.3) is 21.8 Å². The first-order valence-corrected chi connectivity index (χ1v) is 14.1. The fraction of sp³-hybridized carbons (Fsp3) is 0.229. The van der Waals surface area contributed by atoms with E-state index < -0.39 is 0 Å². The largest absolute Gasteiger partial charge is 0.265 e. The lowest BCUT2D eigenvalue weighted by Crippen LogP contribution is -1.73. The number of rotatable bonds is 0. The maximum absolute atomic E-state index is 4.18. The van der Waals surface area contributed by atoms with Crippen LogP contribution in [-0.2, 0) is 0 Å². The number of para-hydroxylation sites is 2. The van der Waals surface area contributed by atoms with Gasteiger partial charge in [0.05, 0.1) is 11.0 Å². The van der Waals surface area contributed by atoms with Gasteiger partial charge in [-0.1, -0.05) is 110 Å². The molecule has 2 aromatic carbocycles. The molecule has 0 aliphatic rings. The molecule has 0 saturated heterocycles. The third-order valence-electron chi connectivity index (χ3n) is 4.07. The van der Waals surface area contributed by atoms with E-state index in [1.807, 2.05) is 135 Å². The number of aromatic nitrogens is 5. The summed E-state index contributed by atoms with van der Waals surface area (Å²) in [6.07, 6.45) is 12.0. The number of nitrogens with zero attached hydrogens (tertiary/aromatic N) is 5. The van der Waals surface area contributed by atoms with Crippen LogP contribution in [0.2, 0.25) is 0 Å². The van der Waals surface area contributed by atoms with E-state index in [1.165, 1.54) is 17.1 Å². The Bertz CT molecular complexity index is 993. The molecule has 40 heavy (non-hydrogen) atoms. The average Bonchev–Trinajstić information content (AvgIpc) is 3.11. The van der Waals surface area contributed by atoms with E-state index in [0.29, 0.717) is 0 Å². The zero-order valence-corrected chi connectivity index (χ0v) is 25.5. The Labute approximate surface area is 242 Å². The Morgan fingerprint density at radius 1 is 0.325 bits per heavy atom. The molecule has 0 aliphatic carbocycles. The van der Waals surface area contributed by atoms with E-state index in [-0.39, 0.29) is 0 Å². The van der Waals surface area contributed by atoms with Crippen molar-refractivity contribution in [2.45, 2.75) is 55.4 Å². The predicted octanol–water partition coefficient (Wildman–Crippen LogP) is 10.1. The summed E-state index contributed by atoms with van der Waals surface area (Å²) in [7, 11) is 0. The first kappa shape index (κ1) is 37.6. The Kier molecular flexibility index (Phi) is 28.9. The molecule has 4 aromatic heterocycles. The summed E-state index contributed by atoms with van der Waals surface area (Å²) >= 11 is 0. The monoisotopic (exact) mass is 537 g/mol. The summed E-state index contributed by atoms with van der Waals surface area (Å²) in [5.74, 6) is 0. The van der Waals surface area contributed by atoms with Crippen LogP contribution in [0.15, 0.2) is 141 Å². The van der Waals surface area contributed by atoms with Gasteiger partial charge in [0.25, 0.3) is 0 Å². The van der Waals surface area contributed by atoms with E-state index >= 15 is 0 Å². The molecule has 5 nitrogen and oxygen atoms in total. The summed E-state index contributed by atoms with van der Waals surface area (Å²) in [5.41, 5.74) is 2.12. The zero-order chi connectivity index (χ0) is 30.1. The third kappa shape index (κ3) is 18.7. The molecule has 0 aliphatic heterocycles. The van der Waals surface area contributed by atoms with Crippen LogP contribution in [0.5, 0.6) is 0 Å². The molecule has 4 heterocycles. The lowest BCUT2D eigenvalue weighted by Gasteiger charge is -1.91. The molecule has 0 unspecified atom stereocenters. The minimum atomic E-state index is 1.06. The topological polar surface area (TPSA) is 64.5 Å². The number of hydrogen-bond donors (Lipinski definition) is 0. The highest BCUT2D eigenvalue weighted by molar-refractivity contribution is 5.78. The van der Waals surface area contributed by atoms with Crippen LogP contribution in [0, 0.1) is 0 Å². The van der Waals surface area contributed by atoms with Crippen LogP contribution in [-0.4, -0.2) is 24.9 Å². The molecule has 0 N–H and O–H groups in total. The number of hydrogen-bond acceptors (Lipinski definition) is 5. The van der Waals surface area contributed by atoms with Gasteiger partial charge >= 0.3 is 0 Å². The zero-order valence-electron chi connectivity index (χ0n) is 25.5. The van der Waals surface area contributed by atoms with Crippen LogP contribution in [0.3, 0.4) is 0 Å². The van der Waals surface area contributed by atoms with Gasteiger partial charge in [0.15, 0.2) is 0 Å². The van der Waals surface area contributed by atoms with Gasteiger partial charge in [-0.25, -0.2) is 9.97 Å². The van der Waals surface area contributed by atoms with Crippen LogP contribution < -0.4 is 0 Å². The standard InChI is InChI=1S/2C9H7N.C5H5N.C4H4N2.4C2H6/c2*1-2-6-9-8(4-1)5-3-7-10-9;1-2-4-6-5-3-1;1-2-5-4-6-3-1;4*1-2/h2*1-7H;1-5H;1-4H;4*1-2H3. The second kappa shape index (κ2) is 30.7. The van der Waals surface area contributed by atoms with Gasteiger partial charge in [0, 0.05) is 48.0 Å². The lowest BCUT2D eigenvalue weighted by atomic mass is 10.2. The van der Waals surface area contributed by atoms with Crippen LogP contribution >= 0.6 is 0 Å². The maximum Gasteiger partial charge on any atom is 0.115 e. The van der Waals surface area contributed by atoms with Crippen molar-refractivity contribution in [3.63, 3.8) is 0 Å². The predicted molar refractivity (Wildman–Crippen MR) is 175 cm³/mol. The summed E-state index contributed by atoms with van der Waals surface area (Å²) in [4.78, 5) is 19.5. The fourth-order valence-electron chi connectivity index (χ4n) is 2.60. The molecule has 5 heteroatoms. The maximum atomic E-state index is 4.18. The van der Waals surface area contributed by atoms with Crippen LogP contribution in [0.1, 0.15) is 55.4 Å². The quantitative estimate of drug-likeness (QED) is 0.193. The smallest absolute Gasteiger partial charge is 0.115 e. The summed E-state index contributed by atoms with van der Waals surface area (Å²) in [6.45, 7) is 16.0. The molecule has 212 valence electrons. The Hall–Kier alpha value is -4.51. The van der Waals surface area contributed by atoms with Gasteiger partial charge in [-0.3, -0.25) is 15.0 Å². The van der Waals surface area contributed by atoms with E-state index in [4.69, 9.17) is 0 Å². The molecule has 0 bridgehead atoms. The van der Waals surface area contributed by atoms with Crippen molar-refractivity contribution in [1.82, 2.24) is 24.9 Å². The van der Waals surface area contributed by atoms with E-state index in [1.54, 1.807) is 30.9 Å².